The molecule has 1 aromatic heterocycles. The molecule has 2 heterocycles. The highest BCUT2D eigenvalue weighted by Crippen LogP contribution is 2.35. The Morgan fingerprint density at radius 1 is 0.971 bits per heavy atom. The fraction of sp³-hybridized carbons (Fsp3) is 0.222. The summed E-state index contributed by atoms with van der Waals surface area (Å²) < 4.78 is 7.61. The van der Waals surface area contributed by atoms with Gasteiger partial charge in [0.25, 0.3) is 5.91 Å². The van der Waals surface area contributed by atoms with Gasteiger partial charge in [0.2, 0.25) is 0 Å². The zero-order valence-corrected chi connectivity index (χ0v) is 20.9. The first-order chi connectivity index (χ1) is 17.2. The number of nitrogens with zero attached hydrogens (tertiary/aromatic N) is 4. The number of hydrogen-bond acceptors (Lipinski definition) is 5. The Hall–Kier alpha value is -3.29. The molecule has 8 heteroatoms. The van der Waals surface area contributed by atoms with E-state index in [0.717, 1.165) is 53.5 Å². The van der Waals surface area contributed by atoms with Gasteiger partial charge in [-0.1, -0.05) is 59.8 Å². The van der Waals surface area contributed by atoms with Crippen molar-refractivity contribution in [2.24, 2.45) is 0 Å². The topological polar surface area (TPSA) is 60.2 Å². The highest BCUT2D eigenvalue weighted by Gasteiger charge is 2.21. The van der Waals surface area contributed by atoms with Crippen LogP contribution in [0.25, 0.3) is 17.1 Å². The summed E-state index contributed by atoms with van der Waals surface area (Å²) in [5, 5.41) is 10.3. The lowest BCUT2D eigenvalue weighted by molar-refractivity contribution is 0.0793. The van der Waals surface area contributed by atoms with Gasteiger partial charge in [0.1, 0.15) is 5.75 Å². The van der Waals surface area contributed by atoms with Crippen molar-refractivity contribution in [2.45, 2.75) is 23.8 Å². The number of halogens is 1. The summed E-state index contributed by atoms with van der Waals surface area (Å²) in [7, 11) is 1.65. The van der Waals surface area contributed by atoms with Gasteiger partial charge in [-0.15, -0.1) is 10.2 Å². The van der Waals surface area contributed by atoms with Crippen LogP contribution in [0.3, 0.4) is 0 Å². The van der Waals surface area contributed by atoms with Crippen molar-refractivity contribution in [1.29, 1.82) is 0 Å². The molecule has 0 N–H and O–H groups in total. The van der Waals surface area contributed by atoms with Gasteiger partial charge in [0.15, 0.2) is 11.0 Å². The van der Waals surface area contributed by atoms with E-state index in [0.29, 0.717) is 22.3 Å². The Kier molecular flexibility index (Phi) is 7.06. The van der Waals surface area contributed by atoms with Crippen LogP contribution in [-0.4, -0.2) is 45.8 Å². The first-order valence-corrected chi connectivity index (χ1v) is 12.9. The van der Waals surface area contributed by atoms with Crippen molar-refractivity contribution >= 4 is 29.3 Å². The molecule has 0 radical (unpaired) electrons. The first-order valence-electron chi connectivity index (χ1n) is 11.5. The number of methoxy groups -OCH3 is 1. The fourth-order valence-corrected chi connectivity index (χ4v) is 5.33. The third-order valence-electron chi connectivity index (χ3n) is 6.04. The van der Waals surface area contributed by atoms with E-state index in [9.17, 15) is 4.79 Å². The molecule has 1 aliphatic heterocycles. The maximum atomic E-state index is 12.6. The molecule has 0 saturated carbocycles. The second kappa shape index (κ2) is 10.5. The normalized spacial score (nSPS) is 13.3. The molecule has 1 amide bonds. The van der Waals surface area contributed by atoms with E-state index < -0.39 is 0 Å². The molecule has 35 heavy (non-hydrogen) atoms. The smallest absolute Gasteiger partial charge is 0.253 e. The van der Waals surface area contributed by atoms with Crippen LogP contribution in [0.5, 0.6) is 5.75 Å². The Balaban J connectivity index is 1.43. The van der Waals surface area contributed by atoms with Gasteiger partial charge < -0.3 is 9.64 Å². The van der Waals surface area contributed by atoms with Gasteiger partial charge in [0.05, 0.1) is 17.8 Å². The average molecular weight is 505 g/mol. The second-order valence-electron chi connectivity index (χ2n) is 8.28. The third kappa shape index (κ3) is 4.92. The Bertz CT molecular complexity index is 1330. The number of aromatic nitrogens is 3. The molecule has 5 rings (SSSR count). The predicted molar refractivity (Wildman–Crippen MR) is 139 cm³/mol. The maximum absolute atomic E-state index is 12.6. The Morgan fingerprint density at radius 3 is 2.43 bits per heavy atom. The molecule has 1 saturated heterocycles. The molecule has 1 fully saturated rings. The fourth-order valence-electron chi connectivity index (χ4n) is 4.21. The number of benzene rings is 3. The summed E-state index contributed by atoms with van der Waals surface area (Å²) in [4.78, 5) is 14.6. The van der Waals surface area contributed by atoms with Crippen LogP contribution in [0.15, 0.2) is 78.0 Å². The van der Waals surface area contributed by atoms with E-state index in [1.807, 2.05) is 82.3 Å². The largest absolute Gasteiger partial charge is 0.495 e. The number of ether oxygens (including phenoxy) is 1. The molecule has 6 nitrogen and oxygen atoms in total. The average Bonchev–Trinajstić information content (AvgIpc) is 3.58. The van der Waals surface area contributed by atoms with E-state index in [4.69, 9.17) is 16.3 Å². The molecule has 0 unspecified atom stereocenters. The van der Waals surface area contributed by atoms with Gasteiger partial charge in [-0.25, -0.2) is 0 Å². The number of amides is 1. The summed E-state index contributed by atoms with van der Waals surface area (Å²) in [5.74, 6) is 2.15. The monoisotopic (exact) mass is 504 g/mol. The van der Waals surface area contributed by atoms with Gasteiger partial charge in [-0.3, -0.25) is 9.36 Å². The molecule has 0 aliphatic carbocycles. The summed E-state index contributed by atoms with van der Waals surface area (Å²) in [6.07, 6.45) is 2.17. The van der Waals surface area contributed by atoms with Crippen molar-refractivity contribution in [2.75, 3.05) is 20.2 Å². The lowest BCUT2D eigenvalue weighted by atomic mass is 10.1. The molecule has 1 aliphatic rings. The van der Waals surface area contributed by atoms with Crippen LogP contribution in [0, 0.1) is 0 Å². The standard InChI is InChI=1S/C27H25ClN4O2S/c1-34-24-11-5-4-10-23(24)32-25(21-8-2-3-9-22(21)28)29-30-27(32)35-18-19-12-14-20(15-13-19)26(33)31-16-6-7-17-31/h2-5,8-15H,6-7,16-18H2,1H3. The van der Waals surface area contributed by atoms with E-state index in [1.54, 1.807) is 18.9 Å². The number of carbonyl (C=O) groups is 1. The molecular weight excluding hydrogens is 480 g/mol. The minimum absolute atomic E-state index is 0.113. The number of para-hydroxylation sites is 2. The van der Waals surface area contributed by atoms with E-state index >= 15 is 0 Å². The Morgan fingerprint density at radius 2 is 1.69 bits per heavy atom. The molecular formula is C27H25ClN4O2S. The van der Waals surface area contributed by atoms with Crippen molar-refractivity contribution in [3.8, 4) is 22.8 Å². The molecule has 0 atom stereocenters. The minimum Gasteiger partial charge on any atom is -0.495 e. The van der Waals surface area contributed by atoms with Crippen molar-refractivity contribution in [3.63, 3.8) is 0 Å². The highest BCUT2D eigenvalue weighted by atomic mass is 35.5. The third-order valence-corrected chi connectivity index (χ3v) is 7.37. The zero-order chi connectivity index (χ0) is 24.2. The van der Waals surface area contributed by atoms with Gasteiger partial charge in [-0.2, -0.15) is 0 Å². The summed E-state index contributed by atoms with van der Waals surface area (Å²) in [5.41, 5.74) is 3.47. The van der Waals surface area contributed by atoms with Crippen LogP contribution >= 0.6 is 23.4 Å². The summed E-state index contributed by atoms with van der Waals surface area (Å²) in [6.45, 7) is 1.70. The van der Waals surface area contributed by atoms with Crippen LogP contribution in [0.4, 0.5) is 0 Å². The first kappa shape index (κ1) is 23.5. The lowest BCUT2D eigenvalue weighted by Crippen LogP contribution is -2.27. The highest BCUT2D eigenvalue weighted by molar-refractivity contribution is 7.98. The number of likely N-dealkylation sites (tertiary alicyclic amines) is 1. The van der Waals surface area contributed by atoms with Gasteiger partial charge in [-0.05, 0) is 54.8 Å². The van der Waals surface area contributed by atoms with Crippen molar-refractivity contribution in [3.05, 3.63) is 88.9 Å². The molecule has 0 bridgehead atoms. The number of hydrogen-bond donors (Lipinski definition) is 0. The van der Waals surface area contributed by atoms with Crippen LogP contribution in [-0.2, 0) is 5.75 Å². The van der Waals surface area contributed by atoms with Gasteiger partial charge >= 0.3 is 0 Å². The van der Waals surface area contributed by atoms with Crippen molar-refractivity contribution in [1.82, 2.24) is 19.7 Å². The predicted octanol–water partition coefficient (Wildman–Crippen LogP) is 6.12. The maximum Gasteiger partial charge on any atom is 0.253 e. The zero-order valence-electron chi connectivity index (χ0n) is 19.4. The molecule has 178 valence electrons. The number of rotatable bonds is 7. The molecule has 4 aromatic rings. The molecule has 0 spiro atoms. The summed E-state index contributed by atoms with van der Waals surface area (Å²) >= 11 is 8.08. The van der Waals surface area contributed by atoms with Crippen LogP contribution in [0.2, 0.25) is 5.02 Å². The second-order valence-corrected chi connectivity index (χ2v) is 9.63. The van der Waals surface area contributed by atoms with Crippen molar-refractivity contribution < 1.29 is 9.53 Å². The SMILES string of the molecule is COc1ccccc1-n1c(SCc2ccc(C(=O)N3CCCC3)cc2)nnc1-c1ccccc1Cl. The Labute approximate surface area is 213 Å². The van der Waals surface area contributed by atoms with Crippen LogP contribution < -0.4 is 4.74 Å². The van der Waals surface area contributed by atoms with E-state index in [2.05, 4.69) is 10.2 Å². The van der Waals surface area contributed by atoms with E-state index in [-0.39, 0.29) is 5.91 Å². The van der Waals surface area contributed by atoms with Gasteiger partial charge in [0, 0.05) is 30.0 Å². The quantitative estimate of drug-likeness (QED) is 0.283. The van der Waals surface area contributed by atoms with Crippen LogP contribution in [0.1, 0.15) is 28.8 Å². The lowest BCUT2D eigenvalue weighted by Gasteiger charge is -2.15. The number of thioether (sulfide) groups is 1. The molecule has 3 aromatic carbocycles. The number of carbonyl (C=O) groups excluding carboxylic acids is 1. The van der Waals surface area contributed by atoms with E-state index in [1.165, 1.54) is 0 Å². The summed E-state index contributed by atoms with van der Waals surface area (Å²) in [6, 6.07) is 23.2. The minimum atomic E-state index is 0.113.